The fourth-order valence-corrected chi connectivity index (χ4v) is 3.50. The average molecular weight is 349 g/mol. The van der Waals surface area contributed by atoms with Crippen LogP contribution in [-0.4, -0.2) is 29.1 Å². The Hall–Kier alpha value is -2.34. The molecule has 1 N–H and O–H groups in total. The minimum atomic E-state index is -4.49. The highest BCUT2D eigenvalue weighted by molar-refractivity contribution is 5.72. The van der Waals surface area contributed by atoms with Gasteiger partial charge in [0, 0.05) is 25.6 Å². The van der Waals surface area contributed by atoms with Crippen LogP contribution in [0.25, 0.3) is 0 Å². The quantitative estimate of drug-likeness (QED) is 0.907. The number of aliphatic carboxylic acids is 1. The molecule has 0 unspecified atom stereocenters. The first kappa shape index (κ1) is 17.5. The van der Waals surface area contributed by atoms with Crippen LogP contribution in [0.5, 0.6) is 0 Å². The summed E-state index contributed by atoms with van der Waals surface area (Å²) in [6.45, 7) is 1.05. The summed E-state index contributed by atoms with van der Waals surface area (Å²) in [5, 5.41) is 9.51. The number of hydrogen-bond donors (Lipinski definition) is 1. The van der Waals surface area contributed by atoms with Crippen LogP contribution < -0.4 is 0 Å². The Morgan fingerprint density at radius 1 is 1.04 bits per heavy atom. The molecule has 1 saturated heterocycles. The molecule has 0 bridgehead atoms. The standard InChI is InChI=1S/C19H18F3NO2/c20-19(21,22)17-9-5-4-8-14(17)15-11-23(12-16(15)18(24)25)10-13-6-2-1-3-7-13/h1-9,15-16H,10-12H2,(H,24,25)/t15-,16+/m1/s1. The van der Waals surface area contributed by atoms with Crippen molar-refractivity contribution >= 4 is 5.97 Å². The van der Waals surface area contributed by atoms with E-state index in [4.69, 9.17) is 0 Å². The molecule has 132 valence electrons. The number of carbonyl (C=O) groups is 1. The van der Waals surface area contributed by atoms with E-state index < -0.39 is 29.5 Å². The lowest BCUT2D eigenvalue weighted by molar-refractivity contribution is -0.143. The maximum absolute atomic E-state index is 13.3. The smallest absolute Gasteiger partial charge is 0.416 e. The number of alkyl halides is 3. The van der Waals surface area contributed by atoms with Gasteiger partial charge in [-0.3, -0.25) is 9.69 Å². The second-order valence-electron chi connectivity index (χ2n) is 6.32. The molecule has 6 heteroatoms. The number of benzene rings is 2. The Labute approximate surface area is 143 Å². The van der Waals surface area contributed by atoms with Gasteiger partial charge in [0.15, 0.2) is 0 Å². The van der Waals surface area contributed by atoms with Gasteiger partial charge < -0.3 is 5.11 Å². The summed E-state index contributed by atoms with van der Waals surface area (Å²) < 4.78 is 39.9. The van der Waals surface area contributed by atoms with Crippen LogP contribution in [0.4, 0.5) is 13.2 Å². The molecule has 25 heavy (non-hydrogen) atoms. The fraction of sp³-hybridized carbons (Fsp3) is 0.316. The number of hydrogen-bond acceptors (Lipinski definition) is 2. The predicted octanol–water partition coefficient (Wildman–Crippen LogP) is 4.01. The van der Waals surface area contributed by atoms with Crippen LogP contribution in [0, 0.1) is 5.92 Å². The van der Waals surface area contributed by atoms with Crippen molar-refractivity contribution in [3.8, 4) is 0 Å². The van der Waals surface area contributed by atoms with Gasteiger partial charge in [-0.15, -0.1) is 0 Å². The Balaban J connectivity index is 1.89. The molecule has 2 aromatic carbocycles. The number of rotatable bonds is 4. The van der Waals surface area contributed by atoms with Crippen LogP contribution in [0.15, 0.2) is 54.6 Å². The average Bonchev–Trinajstić information content (AvgIpc) is 2.99. The number of likely N-dealkylation sites (tertiary alicyclic amines) is 1. The van der Waals surface area contributed by atoms with Gasteiger partial charge in [0.1, 0.15) is 0 Å². The molecular weight excluding hydrogens is 331 g/mol. The molecule has 1 heterocycles. The molecular formula is C19H18F3NO2. The van der Waals surface area contributed by atoms with E-state index in [2.05, 4.69) is 0 Å². The van der Waals surface area contributed by atoms with Gasteiger partial charge in [0.05, 0.1) is 11.5 Å². The van der Waals surface area contributed by atoms with Gasteiger partial charge in [-0.1, -0.05) is 48.5 Å². The number of nitrogens with zero attached hydrogens (tertiary/aromatic N) is 1. The van der Waals surface area contributed by atoms with Crippen molar-refractivity contribution in [3.63, 3.8) is 0 Å². The van der Waals surface area contributed by atoms with Gasteiger partial charge in [-0.25, -0.2) is 0 Å². The van der Waals surface area contributed by atoms with Gasteiger partial charge in [0.25, 0.3) is 0 Å². The first-order valence-corrected chi connectivity index (χ1v) is 8.01. The Morgan fingerprint density at radius 2 is 1.68 bits per heavy atom. The van der Waals surface area contributed by atoms with Crippen molar-refractivity contribution in [1.82, 2.24) is 4.90 Å². The third-order valence-electron chi connectivity index (χ3n) is 4.63. The third kappa shape index (κ3) is 3.85. The molecule has 3 rings (SSSR count). The fourth-order valence-electron chi connectivity index (χ4n) is 3.50. The Bertz CT molecular complexity index is 746. The highest BCUT2D eigenvalue weighted by Crippen LogP contribution is 2.41. The summed E-state index contributed by atoms with van der Waals surface area (Å²) in [5.74, 6) is -2.59. The lowest BCUT2D eigenvalue weighted by Gasteiger charge is -2.20. The first-order valence-electron chi connectivity index (χ1n) is 8.01. The molecule has 1 fully saturated rings. The highest BCUT2D eigenvalue weighted by Gasteiger charge is 2.43. The monoisotopic (exact) mass is 349 g/mol. The third-order valence-corrected chi connectivity index (χ3v) is 4.63. The normalized spacial score (nSPS) is 21.4. The van der Waals surface area contributed by atoms with E-state index in [0.717, 1.165) is 11.6 Å². The zero-order valence-corrected chi connectivity index (χ0v) is 13.4. The van der Waals surface area contributed by atoms with Crippen LogP contribution >= 0.6 is 0 Å². The van der Waals surface area contributed by atoms with Crippen molar-refractivity contribution in [1.29, 1.82) is 0 Å². The van der Waals surface area contributed by atoms with Crippen LogP contribution in [0.3, 0.4) is 0 Å². The molecule has 0 radical (unpaired) electrons. The van der Waals surface area contributed by atoms with Crippen molar-refractivity contribution in [2.45, 2.75) is 18.6 Å². The lowest BCUT2D eigenvalue weighted by Crippen LogP contribution is -2.23. The number of halogens is 3. The molecule has 0 spiro atoms. The maximum atomic E-state index is 13.3. The molecule has 2 atom stereocenters. The van der Waals surface area contributed by atoms with E-state index in [1.165, 1.54) is 18.2 Å². The van der Waals surface area contributed by atoms with Gasteiger partial charge in [0.2, 0.25) is 0 Å². The summed E-state index contributed by atoms with van der Waals surface area (Å²) >= 11 is 0. The summed E-state index contributed by atoms with van der Waals surface area (Å²) in [7, 11) is 0. The second kappa shape index (κ2) is 6.88. The molecule has 2 aromatic rings. The summed E-state index contributed by atoms with van der Waals surface area (Å²) in [6, 6.07) is 14.8. The molecule has 1 aliphatic heterocycles. The highest BCUT2D eigenvalue weighted by atomic mass is 19.4. The van der Waals surface area contributed by atoms with Crippen molar-refractivity contribution < 1.29 is 23.1 Å². The van der Waals surface area contributed by atoms with Crippen molar-refractivity contribution in [2.75, 3.05) is 13.1 Å². The molecule has 0 saturated carbocycles. The zero-order valence-electron chi connectivity index (χ0n) is 13.4. The zero-order chi connectivity index (χ0) is 18.0. The predicted molar refractivity (Wildman–Crippen MR) is 87.0 cm³/mol. The van der Waals surface area contributed by atoms with E-state index >= 15 is 0 Å². The Morgan fingerprint density at radius 3 is 2.32 bits per heavy atom. The minimum absolute atomic E-state index is 0.0676. The molecule has 3 nitrogen and oxygen atoms in total. The summed E-state index contributed by atoms with van der Waals surface area (Å²) in [4.78, 5) is 13.5. The van der Waals surface area contributed by atoms with E-state index in [1.54, 1.807) is 0 Å². The topological polar surface area (TPSA) is 40.5 Å². The van der Waals surface area contributed by atoms with E-state index in [1.807, 2.05) is 35.2 Å². The molecule has 0 aliphatic carbocycles. The van der Waals surface area contributed by atoms with Crippen molar-refractivity contribution in [3.05, 3.63) is 71.3 Å². The first-order chi connectivity index (χ1) is 11.9. The van der Waals surface area contributed by atoms with E-state index in [-0.39, 0.29) is 12.1 Å². The van der Waals surface area contributed by atoms with Gasteiger partial charge >= 0.3 is 12.1 Å². The largest absolute Gasteiger partial charge is 0.481 e. The second-order valence-corrected chi connectivity index (χ2v) is 6.32. The van der Waals surface area contributed by atoms with E-state index in [9.17, 15) is 23.1 Å². The number of carboxylic acid groups (broad SMARTS) is 1. The van der Waals surface area contributed by atoms with Gasteiger partial charge in [-0.2, -0.15) is 13.2 Å². The van der Waals surface area contributed by atoms with E-state index in [0.29, 0.717) is 13.1 Å². The van der Waals surface area contributed by atoms with Crippen LogP contribution in [0.1, 0.15) is 22.6 Å². The lowest BCUT2D eigenvalue weighted by atomic mass is 9.86. The molecule has 0 aromatic heterocycles. The van der Waals surface area contributed by atoms with Crippen LogP contribution in [0.2, 0.25) is 0 Å². The van der Waals surface area contributed by atoms with Gasteiger partial charge in [-0.05, 0) is 17.2 Å². The molecule has 0 amide bonds. The summed E-state index contributed by atoms with van der Waals surface area (Å²) in [5.41, 5.74) is 0.335. The number of carboxylic acids is 1. The summed E-state index contributed by atoms with van der Waals surface area (Å²) in [6.07, 6.45) is -4.49. The Kier molecular flexibility index (Phi) is 4.81. The minimum Gasteiger partial charge on any atom is -0.481 e. The molecule has 1 aliphatic rings. The van der Waals surface area contributed by atoms with Crippen LogP contribution in [-0.2, 0) is 17.5 Å². The van der Waals surface area contributed by atoms with Crippen molar-refractivity contribution in [2.24, 2.45) is 5.92 Å². The maximum Gasteiger partial charge on any atom is 0.416 e. The SMILES string of the molecule is O=C(O)[C@H]1CN(Cc2ccccc2)C[C@@H]1c1ccccc1C(F)(F)F.